The Labute approximate surface area is 137 Å². The van der Waals surface area contributed by atoms with Crippen LogP contribution in [-0.4, -0.2) is 43.5 Å². The monoisotopic (exact) mass is 339 g/mol. The number of hydrogen-bond acceptors (Lipinski definition) is 4. The predicted octanol–water partition coefficient (Wildman–Crippen LogP) is 2.14. The molecule has 0 unspecified atom stereocenters. The van der Waals surface area contributed by atoms with Gasteiger partial charge in [0.25, 0.3) is 5.91 Å². The SMILES string of the molecule is O=C(Nc1cc(C2CCC(F)(F)CC2)[nH]n1)c1cnn(CCO)c1. The average molecular weight is 339 g/mol. The molecule has 24 heavy (non-hydrogen) atoms. The molecule has 1 aliphatic carbocycles. The van der Waals surface area contributed by atoms with E-state index in [1.807, 2.05) is 0 Å². The Kier molecular flexibility index (Phi) is 4.61. The summed E-state index contributed by atoms with van der Waals surface area (Å²) >= 11 is 0. The standard InChI is InChI=1S/C15H19F2N5O2/c16-15(17)3-1-10(2-4-15)12-7-13(21-20-12)19-14(24)11-8-18-22(9-11)5-6-23/h7-10,23H,1-6H2,(H2,19,20,21,24). The predicted molar refractivity (Wildman–Crippen MR) is 82.0 cm³/mol. The first-order chi connectivity index (χ1) is 11.5. The molecule has 1 fully saturated rings. The second-order valence-corrected chi connectivity index (χ2v) is 6.01. The topological polar surface area (TPSA) is 95.8 Å². The molecule has 1 saturated carbocycles. The van der Waals surface area contributed by atoms with Crippen LogP contribution in [0.1, 0.15) is 47.7 Å². The lowest BCUT2D eigenvalue weighted by Crippen LogP contribution is -2.23. The molecule has 2 heterocycles. The number of hydrogen-bond donors (Lipinski definition) is 3. The van der Waals surface area contributed by atoms with E-state index < -0.39 is 5.92 Å². The molecule has 3 rings (SSSR count). The van der Waals surface area contributed by atoms with E-state index in [0.29, 0.717) is 30.8 Å². The van der Waals surface area contributed by atoms with Crippen LogP contribution in [0.5, 0.6) is 0 Å². The number of nitrogens with one attached hydrogen (secondary N) is 2. The van der Waals surface area contributed by atoms with Crippen LogP contribution in [-0.2, 0) is 6.54 Å². The number of nitrogens with zero attached hydrogens (tertiary/aromatic N) is 3. The molecule has 1 aliphatic rings. The smallest absolute Gasteiger partial charge is 0.260 e. The lowest BCUT2D eigenvalue weighted by atomic mass is 9.85. The van der Waals surface area contributed by atoms with Crippen molar-refractivity contribution in [3.05, 3.63) is 29.7 Å². The van der Waals surface area contributed by atoms with Gasteiger partial charge in [-0.05, 0) is 12.8 Å². The summed E-state index contributed by atoms with van der Waals surface area (Å²) in [4.78, 5) is 12.1. The fourth-order valence-electron chi connectivity index (χ4n) is 2.85. The summed E-state index contributed by atoms with van der Waals surface area (Å²) in [5, 5.41) is 22.3. The third-order valence-corrected chi connectivity index (χ3v) is 4.22. The van der Waals surface area contributed by atoms with Crippen LogP contribution in [0.25, 0.3) is 0 Å². The van der Waals surface area contributed by atoms with E-state index in [1.165, 1.54) is 17.1 Å². The highest BCUT2D eigenvalue weighted by molar-refractivity contribution is 6.03. The number of aliphatic hydroxyl groups is 1. The number of aliphatic hydroxyl groups excluding tert-OH is 1. The van der Waals surface area contributed by atoms with Crippen molar-refractivity contribution in [2.75, 3.05) is 11.9 Å². The van der Waals surface area contributed by atoms with Crippen LogP contribution in [0.15, 0.2) is 18.5 Å². The molecular weight excluding hydrogens is 320 g/mol. The minimum absolute atomic E-state index is 0.00933. The van der Waals surface area contributed by atoms with Gasteiger partial charge in [0.1, 0.15) is 0 Å². The molecule has 2 aromatic rings. The minimum Gasteiger partial charge on any atom is -0.394 e. The van der Waals surface area contributed by atoms with Crippen LogP contribution in [0.3, 0.4) is 0 Å². The number of aromatic nitrogens is 4. The first-order valence-electron chi connectivity index (χ1n) is 7.85. The van der Waals surface area contributed by atoms with Gasteiger partial charge in [0.15, 0.2) is 5.82 Å². The van der Waals surface area contributed by atoms with E-state index in [1.54, 1.807) is 6.07 Å². The normalized spacial score (nSPS) is 17.8. The maximum Gasteiger partial charge on any atom is 0.260 e. The van der Waals surface area contributed by atoms with E-state index >= 15 is 0 Å². The molecule has 1 amide bonds. The Morgan fingerprint density at radius 2 is 2.21 bits per heavy atom. The third-order valence-electron chi connectivity index (χ3n) is 4.22. The number of alkyl halides is 2. The van der Waals surface area contributed by atoms with Crippen molar-refractivity contribution in [1.29, 1.82) is 0 Å². The number of anilines is 1. The molecule has 0 spiro atoms. The quantitative estimate of drug-likeness (QED) is 0.778. The summed E-state index contributed by atoms with van der Waals surface area (Å²) < 4.78 is 27.9. The molecule has 0 radical (unpaired) electrons. The molecule has 130 valence electrons. The van der Waals surface area contributed by atoms with Gasteiger partial charge < -0.3 is 10.4 Å². The van der Waals surface area contributed by atoms with E-state index in [-0.39, 0.29) is 31.3 Å². The van der Waals surface area contributed by atoms with Gasteiger partial charge in [-0.2, -0.15) is 10.2 Å². The van der Waals surface area contributed by atoms with Gasteiger partial charge in [0.05, 0.1) is 24.9 Å². The van der Waals surface area contributed by atoms with Crippen molar-refractivity contribution in [3.63, 3.8) is 0 Å². The number of aromatic amines is 1. The summed E-state index contributed by atoms with van der Waals surface area (Å²) in [5.74, 6) is -2.58. The minimum atomic E-state index is -2.57. The number of rotatable bonds is 5. The number of carbonyl (C=O) groups excluding carboxylic acids is 1. The lowest BCUT2D eigenvalue weighted by Gasteiger charge is -2.27. The molecule has 9 heteroatoms. The van der Waals surface area contributed by atoms with E-state index in [4.69, 9.17) is 5.11 Å². The van der Waals surface area contributed by atoms with Gasteiger partial charge in [0.2, 0.25) is 5.92 Å². The maximum atomic E-state index is 13.2. The average Bonchev–Trinajstić information content (AvgIpc) is 3.17. The number of H-pyrrole nitrogens is 1. The van der Waals surface area contributed by atoms with Crippen molar-refractivity contribution < 1.29 is 18.7 Å². The largest absolute Gasteiger partial charge is 0.394 e. The van der Waals surface area contributed by atoms with Gasteiger partial charge in [-0.15, -0.1) is 0 Å². The van der Waals surface area contributed by atoms with E-state index in [0.717, 1.165) is 5.69 Å². The third kappa shape index (κ3) is 3.78. The number of carbonyl (C=O) groups is 1. The summed E-state index contributed by atoms with van der Waals surface area (Å²) in [5.41, 5.74) is 1.11. The van der Waals surface area contributed by atoms with Gasteiger partial charge in [-0.1, -0.05) is 0 Å². The molecule has 2 aromatic heterocycles. The lowest BCUT2D eigenvalue weighted by molar-refractivity contribution is -0.0384. The summed E-state index contributed by atoms with van der Waals surface area (Å²) in [6, 6.07) is 1.68. The van der Waals surface area contributed by atoms with Crippen LogP contribution < -0.4 is 5.32 Å². The first-order valence-corrected chi connectivity index (χ1v) is 7.85. The van der Waals surface area contributed by atoms with E-state index in [2.05, 4.69) is 20.6 Å². The first kappa shape index (κ1) is 16.6. The van der Waals surface area contributed by atoms with Gasteiger partial charge in [0, 0.05) is 36.7 Å². The second kappa shape index (κ2) is 6.68. The molecule has 0 aromatic carbocycles. The summed E-state index contributed by atoms with van der Waals surface area (Å²) in [6.45, 7) is 0.248. The fourth-order valence-corrected chi connectivity index (χ4v) is 2.85. The highest BCUT2D eigenvalue weighted by Crippen LogP contribution is 2.40. The number of halogens is 2. The Hall–Kier alpha value is -2.29. The Balaban J connectivity index is 1.60. The Morgan fingerprint density at radius 1 is 1.46 bits per heavy atom. The molecule has 0 atom stereocenters. The fraction of sp³-hybridized carbons (Fsp3) is 0.533. The molecule has 3 N–H and O–H groups in total. The zero-order valence-corrected chi connectivity index (χ0v) is 13.0. The van der Waals surface area contributed by atoms with Crippen molar-refractivity contribution in [3.8, 4) is 0 Å². The van der Waals surface area contributed by atoms with Crippen LogP contribution in [0.2, 0.25) is 0 Å². The Bertz CT molecular complexity index is 702. The molecule has 0 aliphatic heterocycles. The highest BCUT2D eigenvalue weighted by Gasteiger charge is 2.35. The zero-order chi connectivity index (χ0) is 17.2. The molecular formula is C15H19F2N5O2. The Morgan fingerprint density at radius 3 is 2.92 bits per heavy atom. The van der Waals surface area contributed by atoms with Crippen LogP contribution in [0, 0.1) is 0 Å². The highest BCUT2D eigenvalue weighted by atomic mass is 19.3. The summed E-state index contributed by atoms with van der Waals surface area (Å²) in [6.07, 6.45) is 3.49. The zero-order valence-electron chi connectivity index (χ0n) is 13.0. The second-order valence-electron chi connectivity index (χ2n) is 6.01. The van der Waals surface area contributed by atoms with Crippen LogP contribution in [0.4, 0.5) is 14.6 Å². The van der Waals surface area contributed by atoms with Gasteiger partial charge >= 0.3 is 0 Å². The van der Waals surface area contributed by atoms with E-state index in [9.17, 15) is 13.6 Å². The molecule has 0 bridgehead atoms. The van der Waals surface area contributed by atoms with Crippen molar-refractivity contribution in [2.24, 2.45) is 0 Å². The molecule has 0 saturated heterocycles. The number of amides is 1. The van der Waals surface area contributed by atoms with Gasteiger partial charge in [-0.25, -0.2) is 8.78 Å². The maximum absolute atomic E-state index is 13.2. The van der Waals surface area contributed by atoms with Crippen molar-refractivity contribution >= 4 is 11.7 Å². The van der Waals surface area contributed by atoms with Crippen LogP contribution >= 0.6 is 0 Å². The van der Waals surface area contributed by atoms with Gasteiger partial charge in [-0.3, -0.25) is 14.6 Å². The van der Waals surface area contributed by atoms with Crippen molar-refractivity contribution in [2.45, 2.75) is 44.1 Å². The van der Waals surface area contributed by atoms with Crippen molar-refractivity contribution in [1.82, 2.24) is 20.0 Å². The molecule has 7 nitrogen and oxygen atoms in total. The summed E-state index contributed by atoms with van der Waals surface area (Å²) in [7, 11) is 0.